The molecule has 166 valence electrons. The summed E-state index contributed by atoms with van der Waals surface area (Å²) in [7, 11) is 2.94. The molecule has 0 aliphatic carbocycles. The van der Waals surface area contributed by atoms with E-state index < -0.39 is 9.84 Å². The monoisotopic (exact) mass is 549 g/mol. The summed E-state index contributed by atoms with van der Waals surface area (Å²) < 4.78 is 40.7. The number of benzene rings is 2. The molecule has 2 aromatic carbocycles. The fraction of sp³-hybridized carbons (Fsp3) is 0.350. The van der Waals surface area contributed by atoms with E-state index in [0.29, 0.717) is 34.6 Å². The van der Waals surface area contributed by atoms with Crippen LogP contribution in [0, 0.1) is 0 Å². The highest BCUT2D eigenvalue weighted by atomic mass is 127. The quantitative estimate of drug-likeness (QED) is 0.282. The number of hydrogen-bond donors (Lipinski definition) is 2. The lowest BCUT2D eigenvalue weighted by Crippen LogP contribution is -2.39. The lowest BCUT2D eigenvalue weighted by molar-refractivity contribution is 0.323. The lowest BCUT2D eigenvalue weighted by Gasteiger charge is -2.16. The van der Waals surface area contributed by atoms with Crippen LogP contribution in [0.3, 0.4) is 0 Å². The zero-order chi connectivity index (χ0) is 21.3. The van der Waals surface area contributed by atoms with Gasteiger partial charge in [0.25, 0.3) is 0 Å². The summed E-state index contributed by atoms with van der Waals surface area (Å²) >= 11 is 0. The summed E-state index contributed by atoms with van der Waals surface area (Å²) in [6.45, 7) is 0.661. The van der Waals surface area contributed by atoms with Crippen molar-refractivity contribution in [2.45, 2.75) is 11.4 Å². The Hall–Kier alpha value is -2.21. The molecule has 0 aromatic heterocycles. The highest BCUT2D eigenvalue weighted by Gasteiger charge is 2.15. The number of rotatable bonds is 9. The third-order valence-electron chi connectivity index (χ3n) is 4.17. The number of methoxy groups -OCH3 is 3. The molecule has 2 rings (SSSR count). The molecule has 2 aromatic rings. The van der Waals surface area contributed by atoms with Crippen LogP contribution in [0.1, 0.15) is 5.56 Å². The van der Waals surface area contributed by atoms with Crippen LogP contribution in [0.5, 0.6) is 17.2 Å². The zero-order valence-electron chi connectivity index (χ0n) is 17.5. The molecule has 0 aliphatic heterocycles. The lowest BCUT2D eigenvalue weighted by atomic mass is 10.2. The van der Waals surface area contributed by atoms with E-state index in [2.05, 4.69) is 15.6 Å². The predicted molar refractivity (Wildman–Crippen MR) is 128 cm³/mol. The van der Waals surface area contributed by atoms with Crippen LogP contribution in [0.15, 0.2) is 52.4 Å². The first-order valence-electron chi connectivity index (χ1n) is 8.96. The molecule has 0 atom stereocenters. The van der Waals surface area contributed by atoms with Crippen LogP contribution < -0.4 is 24.8 Å². The highest BCUT2D eigenvalue weighted by Crippen LogP contribution is 2.38. The predicted octanol–water partition coefficient (Wildman–Crippen LogP) is 2.47. The van der Waals surface area contributed by atoms with E-state index >= 15 is 0 Å². The maximum absolute atomic E-state index is 12.3. The molecule has 0 unspecified atom stereocenters. The summed E-state index contributed by atoms with van der Waals surface area (Å²) in [5.74, 6) is 2.08. The second kappa shape index (κ2) is 12.5. The summed E-state index contributed by atoms with van der Waals surface area (Å²) in [5, 5.41) is 6.16. The number of sulfone groups is 1. The second-order valence-corrected chi connectivity index (χ2v) is 8.13. The molecule has 10 heteroatoms. The number of ether oxygens (including phenoxy) is 3. The molecule has 0 radical (unpaired) electrons. The third-order valence-corrected chi connectivity index (χ3v) is 5.91. The van der Waals surface area contributed by atoms with Gasteiger partial charge >= 0.3 is 0 Å². The average molecular weight is 549 g/mol. The third kappa shape index (κ3) is 6.94. The SMILES string of the molecule is CN=C(NCCS(=O)(=O)c1ccccc1)NCc1cc(OC)c(OC)c(OC)c1.I. The van der Waals surface area contributed by atoms with Crippen molar-refractivity contribution in [2.75, 3.05) is 40.7 Å². The Bertz CT molecular complexity index is 912. The van der Waals surface area contributed by atoms with Crippen molar-refractivity contribution in [3.8, 4) is 17.2 Å². The normalized spacial score (nSPS) is 11.3. The molecule has 0 fully saturated rings. The fourth-order valence-electron chi connectivity index (χ4n) is 2.69. The van der Waals surface area contributed by atoms with Crippen molar-refractivity contribution in [3.05, 3.63) is 48.0 Å². The van der Waals surface area contributed by atoms with Crippen LogP contribution in [-0.2, 0) is 16.4 Å². The van der Waals surface area contributed by atoms with E-state index in [1.165, 1.54) is 0 Å². The fourth-order valence-corrected chi connectivity index (χ4v) is 3.87. The smallest absolute Gasteiger partial charge is 0.203 e. The van der Waals surface area contributed by atoms with Gasteiger partial charge in [0.15, 0.2) is 27.3 Å². The van der Waals surface area contributed by atoms with Crippen LogP contribution in [0.25, 0.3) is 0 Å². The van der Waals surface area contributed by atoms with E-state index in [9.17, 15) is 8.42 Å². The Kier molecular flexibility index (Phi) is 10.7. The maximum atomic E-state index is 12.3. The molecule has 0 amide bonds. The number of halogens is 1. The van der Waals surface area contributed by atoms with Crippen molar-refractivity contribution < 1.29 is 22.6 Å². The van der Waals surface area contributed by atoms with E-state index in [1.807, 2.05) is 12.1 Å². The van der Waals surface area contributed by atoms with Crippen molar-refractivity contribution in [2.24, 2.45) is 4.99 Å². The number of nitrogens with zero attached hydrogens (tertiary/aromatic N) is 1. The van der Waals surface area contributed by atoms with Crippen LogP contribution in [0.4, 0.5) is 0 Å². The molecule has 8 nitrogen and oxygen atoms in total. The van der Waals surface area contributed by atoms with Crippen molar-refractivity contribution in [1.29, 1.82) is 0 Å². The Morgan fingerprint density at radius 1 is 0.967 bits per heavy atom. The second-order valence-electron chi connectivity index (χ2n) is 6.02. The maximum Gasteiger partial charge on any atom is 0.203 e. The molecule has 30 heavy (non-hydrogen) atoms. The van der Waals surface area contributed by atoms with Crippen molar-refractivity contribution >= 4 is 39.8 Å². The van der Waals surface area contributed by atoms with Gasteiger partial charge in [0, 0.05) is 20.1 Å². The average Bonchev–Trinajstić information content (AvgIpc) is 2.75. The number of aliphatic imine (C=N–C) groups is 1. The van der Waals surface area contributed by atoms with Gasteiger partial charge in [-0.3, -0.25) is 4.99 Å². The Labute approximate surface area is 195 Å². The van der Waals surface area contributed by atoms with E-state index in [0.717, 1.165) is 5.56 Å². The highest BCUT2D eigenvalue weighted by molar-refractivity contribution is 14.0. The summed E-state index contributed by atoms with van der Waals surface area (Å²) in [4.78, 5) is 4.43. The van der Waals surface area contributed by atoms with E-state index in [-0.39, 0.29) is 36.3 Å². The minimum absolute atomic E-state index is 0. The molecule has 0 saturated heterocycles. The van der Waals surface area contributed by atoms with Crippen LogP contribution >= 0.6 is 24.0 Å². The molecule has 0 spiro atoms. The summed E-state index contributed by atoms with van der Waals surface area (Å²) in [6, 6.07) is 12.0. The van der Waals surface area contributed by atoms with Gasteiger partial charge in [-0.05, 0) is 29.8 Å². The van der Waals surface area contributed by atoms with Gasteiger partial charge in [-0.25, -0.2) is 8.42 Å². The summed E-state index contributed by atoms with van der Waals surface area (Å²) in [5.41, 5.74) is 0.888. The Morgan fingerprint density at radius 3 is 2.07 bits per heavy atom. The van der Waals surface area contributed by atoms with E-state index in [4.69, 9.17) is 14.2 Å². The van der Waals surface area contributed by atoms with Gasteiger partial charge in [0.05, 0.1) is 32.0 Å². The van der Waals surface area contributed by atoms with Gasteiger partial charge in [-0.15, -0.1) is 24.0 Å². The van der Waals surface area contributed by atoms with Gasteiger partial charge < -0.3 is 24.8 Å². The molecule has 0 aliphatic rings. The van der Waals surface area contributed by atoms with Crippen molar-refractivity contribution in [3.63, 3.8) is 0 Å². The van der Waals surface area contributed by atoms with E-state index in [1.54, 1.807) is 58.7 Å². The molecule has 0 heterocycles. The molecular weight excluding hydrogens is 521 g/mol. The number of hydrogen-bond acceptors (Lipinski definition) is 6. The minimum atomic E-state index is -3.35. The zero-order valence-corrected chi connectivity index (χ0v) is 20.6. The Morgan fingerprint density at radius 2 is 1.57 bits per heavy atom. The van der Waals surface area contributed by atoms with Gasteiger partial charge in [-0.1, -0.05) is 18.2 Å². The molecule has 2 N–H and O–H groups in total. The molecular formula is C20H28IN3O5S. The number of nitrogens with one attached hydrogen (secondary N) is 2. The first-order valence-corrected chi connectivity index (χ1v) is 10.6. The first kappa shape index (κ1) is 25.8. The van der Waals surface area contributed by atoms with Crippen molar-refractivity contribution in [1.82, 2.24) is 10.6 Å². The number of guanidine groups is 1. The molecule has 0 saturated carbocycles. The molecule has 0 bridgehead atoms. The topological polar surface area (TPSA) is 98.3 Å². The first-order chi connectivity index (χ1) is 13.9. The van der Waals surface area contributed by atoms with Gasteiger partial charge in [-0.2, -0.15) is 0 Å². The standard InChI is InChI=1S/C20H27N3O5S.HI/c1-21-20(22-10-11-29(24,25)16-8-6-5-7-9-16)23-14-15-12-17(26-2)19(28-4)18(13-15)27-3;/h5-9,12-13H,10-11,14H2,1-4H3,(H2,21,22,23);1H. The van der Waals surface area contributed by atoms with Crippen LogP contribution in [0.2, 0.25) is 0 Å². The minimum Gasteiger partial charge on any atom is -0.493 e. The van der Waals surface area contributed by atoms with Crippen LogP contribution in [-0.4, -0.2) is 55.1 Å². The Balaban J connectivity index is 0.00000450. The summed E-state index contributed by atoms with van der Waals surface area (Å²) in [6.07, 6.45) is 0. The van der Waals surface area contributed by atoms with Gasteiger partial charge in [0.1, 0.15) is 0 Å². The van der Waals surface area contributed by atoms with Gasteiger partial charge in [0.2, 0.25) is 5.75 Å². The largest absolute Gasteiger partial charge is 0.493 e.